The number of hydrogen-bond donors (Lipinski definition) is 2. The zero-order valence-electron chi connectivity index (χ0n) is 9.53. The molecule has 94 valence electrons. The zero-order chi connectivity index (χ0) is 12.1. The van der Waals surface area contributed by atoms with Crippen molar-refractivity contribution in [1.29, 1.82) is 0 Å². The van der Waals surface area contributed by atoms with Crippen molar-refractivity contribution in [2.75, 3.05) is 31.7 Å². The molecule has 0 spiro atoms. The summed E-state index contributed by atoms with van der Waals surface area (Å²) in [7, 11) is 0. The van der Waals surface area contributed by atoms with Gasteiger partial charge >= 0.3 is 0 Å². The third kappa shape index (κ3) is 3.27. The molecule has 1 aromatic heterocycles. The number of rotatable bonds is 5. The Kier molecular flexibility index (Phi) is 4.52. The van der Waals surface area contributed by atoms with Gasteiger partial charge in [-0.25, -0.2) is 15.8 Å². The normalized spacial score (nSPS) is 16.1. The molecule has 1 aliphatic heterocycles. The summed E-state index contributed by atoms with van der Waals surface area (Å²) in [6.07, 6.45) is 4.00. The maximum atomic E-state index is 5.61. The summed E-state index contributed by atoms with van der Waals surface area (Å²) >= 11 is 3.35. The van der Waals surface area contributed by atoms with Gasteiger partial charge in [0.2, 0.25) is 5.88 Å². The molecular weight excluding hydrogens is 286 g/mol. The highest BCUT2D eigenvalue weighted by molar-refractivity contribution is 9.10. The van der Waals surface area contributed by atoms with E-state index < -0.39 is 0 Å². The van der Waals surface area contributed by atoms with Gasteiger partial charge in [0, 0.05) is 6.54 Å². The summed E-state index contributed by atoms with van der Waals surface area (Å²) in [5.41, 5.74) is 2.48. The molecule has 0 saturated carbocycles. The first-order chi connectivity index (χ1) is 8.31. The lowest BCUT2D eigenvalue weighted by Gasteiger charge is -2.15. The second kappa shape index (κ2) is 6.13. The highest BCUT2D eigenvalue weighted by atomic mass is 79.9. The van der Waals surface area contributed by atoms with Crippen LogP contribution in [0.4, 0.5) is 5.82 Å². The Morgan fingerprint density at radius 1 is 1.41 bits per heavy atom. The van der Waals surface area contributed by atoms with Gasteiger partial charge in [0.05, 0.1) is 0 Å². The Morgan fingerprint density at radius 3 is 2.88 bits per heavy atom. The molecule has 1 saturated heterocycles. The lowest BCUT2D eigenvalue weighted by Crippen LogP contribution is -2.25. The highest BCUT2D eigenvalue weighted by Crippen LogP contribution is 2.27. The second-order valence-corrected chi connectivity index (χ2v) is 4.68. The van der Waals surface area contributed by atoms with E-state index in [4.69, 9.17) is 10.6 Å². The quantitative estimate of drug-likeness (QED) is 0.624. The lowest BCUT2D eigenvalue weighted by atomic mass is 10.4. The third-order valence-electron chi connectivity index (χ3n) is 2.74. The van der Waals surface area contributed by atoms with Crippen LogP contribution in [-0.4, -0.2) is 41.1 Å². The maximum Gasteiger partial charge on any atom is 0.233 e. The molecule has 7 heteroatoms. The van der Waals surface area contributed by atoms with Crippen LogP contribution < -0.4 is 16.0 Å². The van der Waals surface area contributed by atoms with E-state index in [0.29, 0.717) is 22.8 Å². The molecule has 0 amide bonds. The first kappa shape index (κ1) is 12.5. The minimum Gasteiger partial charge on any atom is -0.475 e. The van der Waals surface area contributed by atoms with Gasteiger partial charge in [-0.1, -0.05) is 0 Å². The van der Waals surface area contributed by atoms with E-state index >= 15 is 0 Å². The van der Waals surface area contributed by atoms with Gasteiger partial charge in [-0.15, -0.1) is 0 Å². The van der Waals surface area contributed by atoms with Crippen LogP contribution >= 0.6 is 15.9 Å². The Hall–Kier alpha value is -0.920. The van der Waals surface area contributed by atoms with Gasteiger partial charge in [0.15, 0.2) is 5.82 Å². The second-order valence-electron chi connectivity index (χ2n) is 3.88. The standard InChI is InChI=1S/C10H16BrN5O/c11-8-9(15-12)13-7-14-10(8)17-6-5-16-3-1-2-4-16/h7H,1-6,12H2,(H,13,14,15). The Morgan fingerprint density at radius 2 is 2.18 bits per heavy atom. The van der Waals surface area contributed by atoms with Crippen LogP contribution in [0.1, 0.15) is 12.8 Å². The van der Waals surface area contributed by atoms with Crippen LogP contribution in [0.3, 0.4) is 0 Å². The van der Waals surface area contributed by atoms with Crippen LogP contribution in [0, 0.1) is 0 Å². The van der Waals surface area contributed by atoms with Crippen LogP contribution in [-0.2, 0) is 0 Å². The number of anilines is 1. The number of hydrogen-bond acceptors (Lipinski definition) is 6. The molecule has 6 nitrogen and oxygen atoms in total. The van der Waals surface area contributed by atoms with Gasteiger partial charge in [-0.3, -0.25) is 4.90 Å². The van der Waals surface area contributed by atoms with Crippen molar-refractivity contribution in [1.82, 2.24) is 14.9 Å². The number of ether oxygens (including phenoxy) is 1. The van der Waals surface area contributed by atoms with Crippen LogP contribution in [0.15, 0.2) is 10.8 Å². The van der Waals surface area contributed by atoms with Gasteiger partial charge in [-0.2, -0.15) is 0 Å². The van der Waals surface area contributed by atoms with Crippen molar-refractivity contribution in [2.24, 2.45) is 5.84 Å². The summed E-state index contributed by atoms with van der Waals surface area (Å²) in [5, 5.41) is 0. The van der Waals surface area contributed by atoms with Gasteiger partial charge < -0.3 is 10.2 Å². The molecule has 2 rings (SSSR count). The van der Waals surface area contributed by atoms with E-state index in [-0.39, 0.29) is 0 Å². The largest absolute Gasteiger partial charge is 0.475 e. The van der Waals surface area contributed by atoms with Crippen molar-refractivity contribution < 1.29 is 4.74 Å². The SMILES string of the molecule is NNc1ncnc(OCCN2CCCC2)c1Br. The molecule has 3 N–H and O–H groups in total. The fourth-order valence-electron chi connectivity index (χ4n) is 1.83. The summed E-state index contributed by atoms with van der Waals surface area (Å²) < 4.78 is 6.26. The smallest absolute Gasteiger partial charge is 0.233 e. The number of nitrogen functional groups attached to an aromatic ring is 1. The van der Waals surface area contributed by atoms with E-state index in [2.05, 4.69) is 36.2 Å². The molecule has 1 aliphatic rings. The predicted molar refractivity (Wildman–Crippen MR) is 68.7 cm³/mol. The summed E-state index contributed by atoms with van der Waals surface area (Å²) in [4.78, 5) is 10.4. The van der Waals surface area contributed by atoms with Gasteiger partial charge in [-0.05, 0) is 41.9 Å². The fraction of sp³-hybridized carbons (Fsp3) is 0.600. The highest BCUT2D eigenvalue weighted by Gasteiger charge is 2.12. The Bertz CT molecular complexity index is 370. The first-order valence-electron chi connectivity index (χ1n) is 5.63. The molecule has 1 fully saturated rings. The molecule has 0 unspecified atom stereocenters. The molecule has 0 bridgehead atoms. The van der Waals surface area contributed by atoms with Crippen molar-refractivity contribution in [3.05, 3.63) is 10.8 Å². The van der Waals surface area contributed by atoms with Crippen molar-refractivity contribution >= 4 is 21.7 Å². The van der Waals surface area contributed by atoms with Crippen molar-refractivity contribution in [3.8, 4) is 5.88 Å². The van der Waals surface area contributed by atoms with Crippen LogP contribution in [0.25, 0.3) is 0 Å². The molecule has 17 heavy (non-hydrogen) atoms. The third-order valence-corrected chi connectivity index (χ3v) is 3.45. The van der Waals surface area contributed by atoms with Crippen LogP contribution in [0.2, 0.25) is 0 Å². The van der Waals surface area contributed by atoms with E-state index in [0.717, 1.165) is 6.54 Å². The molecule has 0 atom stereocenters. The molecular formula is C10H16BrN5O. The zero-order valence-corrected chi connectivity index (χ0v) is 11.1. The van der Waals surface area contributed by atoms with Crippen molar-refractivity contribution in [2.45, 2.75) is 12.8 Å². The first-order valence-corrected chi connectivity index (χ1v) is 6.43. The van der Waals surface area contributed by atoms with Gasteiger partial charge in [0.25, 0.3) is 0 Å². The average molecular weight is 302 g/mol. The topological polar surface area (TPSA) is 76.3 Å². The number of likely N-dealkylation sites (tertiary alicyclic amines) is 1. The summed E-state index contributed by atoms with van der Waals surface area (Å²) in [6.45, 7) is 3.90. The monoisotopic (exact) mass is 301 g/mol. The number of nitrogens with zero attached hydrogens (tertiary/aromatic N) is 3. The molecule has 0 aromatic carbocycles. The Balaban J connectivity index is 1.85. The minimum atomic E-state index is 0.521. The number of nitrogens with one attached hydrogen (secondary N) is 1. The number of halogens is 1. The molecule has 2 heterocycles. The number of nitrogens with two attached hydrogens (primary N) is 1. The molecule has 0 radical (unpaired) electrons. The Labute approximate surface area is 109 Å². The lowest BCUT2D eigenvalue weighted by molar-refractivity contribution is 0.231. The van der Waals surface area contributed by atoms with Gasteiger partial charge in [0.1, 0.15) is 17.4 Å². The molecule has 1 aromatic rings. The van der Waals surface area contributed by atoms with Crippen LogP contribution in [0.5, 0.6) is 5.88 Å². The minimum absolute atomic E-state index is 0.521. The summed E-state index contributed by atoms with van der Waals surface area (Å²) in [6, 6.07) is 0. The van der Waals surface area contributed by atoms with E-state index in [9.17, 15) is 0 Å². The predicted octanol–water partition coefficient (Wildman–Crippen LogP) is 0.999. The van der Waals surface area contributed by atoms with E-state index in [1.165, 1.54) is 32.3 Å². The maximum absolute atomic E-state index is 5.61. The number of hydrazine groups is 1. The van der Waals surface area contributed by atoms with E-state index in [1.54, 1.807) is 0 Å². The van der Waals surface area contributed by atoms with E-state index in [1.807, 2.05) is 0 Å². The van der Waals surface area contributed by atoms with Crippen molar-refractivity contribution in [3.63, 3.8) is 0 Å². The number of aromatic nitrogens is 2. The summed E-state index contributed by atoms with van der Waals surface area (Å²) in [5.74, 6) is 6.36. The molecule has 0 aliphatic carbocycles. The average Bonchev–Trinajstić information content (AvgIpc) is 2.84. The fourth-order valence-corrected chi connectivity index (χ4v) is 2.27.